The lowest BCUT2D eigenvalue weighted by Crippen LogP contribution is -1.94. The molecule has 0 aliphatic heterocycles. The van der Waals surface area contributed by atoms with Gasteiger partial charge in [0.15, 0.2) is 0 Å². The van der Waals surface area contributed by atoms with Crippen LogP contribution in [0.5, 0.6) is 0 Å². The molecule has 0 saturated heterocycles. The van der Waals surface area contributed by atoms with E-state index in [2.05, 4.69) is 33.8 Å². The number of rotatable bonds is 3. The Kier molecular flexibility index (Phi) is 4.27. The second-order valence-electron chi connectivity index (χ2n) is 4.23. The molecule has 0 saturated carbocycles. The fraction of sp³-hybridized carbons (Fsp3) is 0.267. The van der Waals surface area contributed by atoms with Gasteiger partial charge in [-0.3, -0.25) is 0 Å². The Morgan fingerprint density at radius 3 is 2.06 bits per heavy atom. The zero-order valence-electron chi connectivity index (χ0n) is 10.7. The van der Waals surface area contributed by atoms with E-state index in [-0.39, 0.29) is 0 Å². The van der Waals surface area contributed by atoms with Gasteiger partial charge in [-0.05, 0) is 55.5 Å². The minimum Gasteiger partial charge on any atom is -0.478 e. The molecule has 90 valence electrons. The van der Waals surface area contributed by atoms with E-state index < -0.39 is 5.97 Å². The summed E-state index contributed by atoms with van der Waals surface area (Å²) in [7, 11) is 0. The first kappa shape index (κ1) is 13.2. The van der Waals surface area contributed by atoms with Crippen molar-refractivity contribution >= 4 is 12.0 Å². The summed E-state index contributed by atoms with van der Waals surface area (Å²) in [6, 6.07) is 2.18. The molecule has 2 heteroatoms. The molecule has 1 N–H and O–H groups in total. The summed E-state index contributed by atoms with van der Waals surface area (Å²) >= 11 is 0. The van der Waals surface area contributed by atoms with Gasteiger partial charge < -0.3 is 5.11 Å². The average Bonchev–Trinajstić information content (AvgIpc) is 2.25. The molecule has 0 fully saturated rings. The summed E-state index contributed by atoms with van der Waals surface area (Å²) in [6.07, 6.45) is 6.40. The summed E-state index contributed by atoms with van der Waals surface area (Å²) in [5.74, 6) is -0.927. The normalized spacial score (nSPS) is 11.5. The zero-order valence-corrected chi connectivity index (χ0v) is 10.7. The molecule has 0 aliphatic carbocycles. The van der Waals surface area contributed by atoms with E-state index >= 15 is 0 Å². The largest absolute Gasteiger partial charge is 0.478 e. The van der Waals surface area contributed by atoms with Crippen molar-refractivity contribution < 1.29 is 9.90 Å². The van der Waals surface area contributed by atoms with E-state index in [1.54, 1.807) is 12.2 Å². The number of aryl methyl sites for hydroxylation is 2. The Balaban J connectivity index is 3.10. The number of allylic oxidation sites excluding steroid dienone is 2. The van der Waals surface area contributed by atoms with E-state index in [4.69, 9.17) is 5.11 Å². The number of benzene rings is 1. The maximum Gasteiger partial charge on any atom is 0.328 e. The molecular weight excluding hydrogens is 212 g/mol. The number of carboxylic acid groups (broad SMARTS) is 1. The molecule has 1 rings (SSSR count). The van der Waals surface area contributed by atoms with Crippen molar-refractivity contribution in [3.05, 3.63) is 52.1 Å². The van der Waals surface area contributed by atoms with Crippen molar-refractivity contribution in [2.24, 2.45) is 0 Å². The first-order valence-electron chi connectivity index (χ1n) is 5.58. The van der Waals surface area contributed by atoms with Crippen LogP contribution in [-0.2, 0) is 4.79 Å². The number of aliphatic carboxylic acids is 1. The maximum absolute atomic E-state index is 10.3. The molecule has 17 heavy (non-hydrogen) atoms. The molecular formula is C15H18O2. The minimum absolute atomic E-state index is 0.927. The van der Waals surface area contributed by atoms with Crippen LogP contribution in [0.25, 0.3) is 6.08 Å². The predicted molar refractivity (Wildman–Crippen MR) is 71.2 cm³/mol. The smallest absolute Gasteiger partial charge is 0.328 e. The first-order chi connectivity index (χ1) is 7.93. The molecule has 2 nitrogen and oxygen atoms in total. The second-order valence-corrected chi connectivity index (χ2v) is 4.23. The first-order valence-corrected chi connectivity index (χ1v) is 5.58. The van der Waals surface area contributed by atoms with Gasteiger partial charge in [0.1, 0.15) is 0 Å². The monoisotopic (exact) mass is 230 g/mol. The van der Waals surface area contributed by atoms with E-state index in [0.29, 0.717) is 0 Å². The van der Waals surface area contributed by atoms with Gasteiger partial charge >= 0.3 is 5.97 Å². The summed E-state index contributed by atoms with van der Waals surface area (Å²) in [5, 5.41) is 8.49. The van der Waals surface area contributed by atoms with Crippen molar-refractivity contribution in [3.8, 4) is 0 Å². The Bertz CT molecular complexity index is 468. The van der Waals surface area contributed by atoms with Crippen LogP contribution in [0.4, 0.5) is 0 Å². The number of carbonyl (C=O) groups is 1. The molecule has 1 aromatic carbocycles. The van der Waals surface area contributed by atoms with E-state index in [0.717, 1.165) is 6.08 Å². The van der Waals surface area contributed by atoms with Crippen LogP contribution in [0.1, 0.15) is 27.8 Å². The summed E-state index contributed by atoms with van der Waals surface area (Å²) in [5.41, 5.74) is 6.18. The van der Waals surface area contributed by atoms with Crippen molar-refractivity contribution in [2.45, 2.75) is 27.7 Å². The third-order valence-electron chi connectivity index (χ3n) is 3.04. The van der Waals surface area contributed by atoms with Gasteiger partial charge in [0.05, 0.1) is 0 Å². The van der Waals surface area contributed by atoms with Crippen LogP contribution in [0, 0.1) is 27.7 Å². The van der Waals surface area contributed by atoms with Crippen LogP contribution in [0.2, 0.25) is 0 Å². The lowest BCUT2D eigenvalue weighted by atomic mass is 9.94. The Morgan fingerprint density at radius 2 is 1.59 bits per heavy atom. The van der Waals surface area contributed by atoms with Crippen molar-refractivity contribution in [3.63, 3.8) is 0 Å². The van der Waals surface area contributed by atoms with Gasteiger partial charge in [-0.25, -0.2) is 4.79 Å². The standard InChI is InChI=1S/C15H18O2/c1-10-9-11(2)13(4)14(12(10)3)7-5-6-8-15(16)17/h5-9H,1-4H3,(H,16,17)/b7-5+,8-6+. The zero-order chi connectivity index (χ0) is 13.0. The van der Waals surface area contributed by atoms with E-state index in [1.807, 2.05) is 6.08 Å². The number of carboxylic acids is 1. The number of hydrogen-bond donors (Lipinski definition) is 1. The van der Waals surface area contributed by atoms with Gasteiger partial charge in [0, 0.05) is 6.08 Å². The second kappa shape index (κ2) is 5.48. The SMILES string of the molecule is Cc1cc(C)c(C)c(/C=C/C=C/C(=O)O)c1C. The lowest BCUT2D eigenvalue weighted by Gasteiger charge is -2.11. The Hall–Kier alpha value is -1.83. The van der Waals surface area contributed by atoms with Gasteiger partial charge in [-0.2, -0.15) is 0 Å². The third kappa shape index (κ3) is 3.31. The molecule has 0 radical (unpaired) electrons. The highest BCUT2D eigenvalue weighted by Gasteiger charge is 2.04. The molecule has 1 aromatic rings. The highest BCUT2D eigenvalue weighted by Crippen LogP contribution is 2.22. The van der Waals surface area contributed by atoms with Gasteiger partial charge in [-0.1, -0.05) is 24.3 Å². The molecule has 0 aromatic heterocycles. The third-order valence-corrected chi connectivity index (χ3v) is 3.04. The fourth-order valence-corrected chi connectivity index (χ4v) is 1.79. The quantitative estimate of drug-likeness (QED) is 0.636. The van der Waals surface area contributed by atoms with E-state index in [9.17, 15) is 4.79 Å². The number of hydrogen-bond acceptors (Lipinski definition) is 1. The molecule has 0 heterocycles. The lowest BCUT2D eigenvalue weighted by molar-refractivity contribution is -0.131. The summed E-state index contributed by atoms with van der Waals surface area (Å²) < 4.78 is 0. The Morgan fingerprint density at radius 1 is 1.06 bits per heavy atom. The molecule has 0 bridgehead atoms. The van der Waals surface area contributed by atoms with E-state index in [1.165, 1.54) is 27.8 Å². The Labute approximate surface area is 102 Å². The molecule has 0 aliphatic rings. The average molecular weight is 230 g/mol. The maximum atomic E-state index is 10.3. The van der Waals surface area contributed by atoms with Crippen LogP contribution in [0.3, 0.4) is 0 Å². The van der Waals surface area contributed by atoms with Gasteiger partial charge in [0.2, 0.25) is 0 Å². The highest BCUT2D eigenvalue weighted by molar-refractivity contribution is 5.80. The predicted octanol–water partition coefficient (Wildman–Crippen LogP) is 3.57. The summed E-state index contributed by atoms with van der Waals surface area (Å²) in [6.45, 7) is 8.35. The molecule has 0 atom stereocenters. The van der Waals surface area contributed by atoms with Gasteiger partial charge in [-0.15, -0.1) is 0 Å². The van der Waals surface area contributed by atoms with Crippen molar-refractivity contribution in [1.82, 2.24) is 0 Å². The van der Waals surface area contributed by atoms with Crippen molar-refractivity contribution in [1.29, 1.82) is 0 Å². The van der Waals surface area contributed by atoms with Crippen LogP contribution in [-0.4, -0.2) is 11.1 Å². The highest BCUT2D eigenvalue weighted by atomic mass is 16.4. The minimum atomic E-state index is -0.927. The van der Waals surface area contributed by atoms with Crippen LogP contribution < -0.4 is 0 Å². The molecule has 0 amide bonds. The fourth-order valence-electron chi connectivity index (χ4n) is 1.79. The topological polar surface area (TPSA) is 37.3 Å². The van der Waals surface area contributed by atoms with Crippen LogP contribution in [0.15, 0.2) is 24.3 Å². The summed E-state index contributed by atoms with van der Waals surface area (Å²) in [4.78, 5) is 10.3. The van der Waals surface area contributed by atoms with Gasteiger partial charge in [0.25, 0.3) is 0 Å². The molecule has 0 unspecified atom stereocenters. The molecule has 0 spiro atoms. The van der Waals surface area contributed by atoms with Crippen molar-refractivity contribution in [2.75, 3.05) is 0 Å². The van der Waals surface area contributed by atoms with Crippen LogP contribution >= 0.6 is 0 Å².